The van der Waals surface area contributed by atoms with Crippen LogP contribution in [0.25, 0.3) is 0 Å². The van der Waals surface area contributed by atoms with E-state index in [2.05, 4.69) is 5.32 Å². The van der Waals surface area contributed by atoms with Gasteiger partial charge in [0.05, 0.1) is 0 Å². The van der Waals surface area contributed by atoms with Gasteiger partial charge in [-0.1, -0.05) is 19.9 Å². The zero-order valence-corrected chi connectivity index (χ0v) is 11.9. The Morgan fingerprint density at radius 2 is 1.95 bits per heavy atom. The summed E-state index contributed by atoms with van der Waals surface area (Å²) < 4.78 is 5.11. The maximum Gasteiger partial charge on any atom is 0.417 e. The van der Waals surface area contributed by atoms with Gasteiger partial charge in [0.25, 0.3) is 5.91 Å². The molecule has 0 aromatic carbocycles. The summed E-state index contributed by atoms with van der Waals surface area (Å²) in [5.74, 6) is -0.863. The SMILES string of the molecule is CC(C)/C=C1/NC(=O)CN(C(=O)OC(C)(C)C)C1=O. The molecule has 1 N–H and O–H groups in total. The van der Waals surface area contributed by atoms with E-state index in [4.69, 9.17) is 4.74 Å². The van der Waals surface area contributed by atoms with Crippen molar-refractivity contribution in [3.63, 3.8) is 0 Å². The molecule has 106 valence electrons. The summed E-state index contributed by atoms with van der Waals surface area (Å²) in [6, 6.07) is 0. The van der Waals surface area contributed by atoms with Crippen molar-refractivity contribution in [2.75, 3.05) is 6.54 Å². The highest BCUT2D eigenvalue weighted by molar-refractivity contribution is 6.09. The highest BCUT2D eigenvalue weighted by atomic mass is 16.6. The monoisotopic (exact) mass is 268 g/mol. The zero-order chi connectivity index (χ0) is 14.8. The third-order valence-corrected chi connectivity index (χ3v) is 2.17. The van der Waals surface area contributed by atoms with Crippen molar-refractivity contribution >= 4 is 17.9 Å². The second-order valence-corrected chi connectivity index (χ2v) is 5.74. The van der Waals surface area contributed by atoms with E-state index in [1.165, 1.54) is 0 Å². The molecule has 1 aliphatic heterocycles. The number of imide groups is 1. The highest BCUT2D eigenvalue weighted by Gasteiger charge is 2.35. The molecule has 1 fully saturated rings. The highest BCUT2D eigenvalue weighted by Crippen LogP contribution is 2.14. The van der Waals surface area contributed by atoms with Crippen LogP contribution in [0.1, 0.15) is 34.6 Å². The summed E-state index contributed by atoms with van der Waals surface area (Å²) in [7, 11) is 0. The summed E-state index contributed by atoms with van der Waals surface area (Å²) in [6.07, 6.45) is 0.804. The van der Waals surface area contributed by atoms with Crippen molar-refractivity contribution in [1.82, 2.24) is 10.2 Å². The fraction of sp³-hybridized carbons (Fsp3) is 0.615. The maximum absolute atomic E-state index is 12.1. The Hall–Kier alpha value is -1.85. The van der Waals surface area contributed by atoms with Gasteiger partial charge in [-0.25, -0.2) is 9.69 Å². The van der Waals surface area contributed by atoms with Gasteiger partial charge in [-0.15, -0.1) is 0 Å². The van der Waals surface area contributed by atoms with Gasteiger partial charge >= 0.3 is 6.09 Å². The van der Waals surface area contributed by atoms with Crippen LogP contribution in [0.5, 0.6) is 0 Å². The van der Waals surface area contributed by atoms with E-state index in [0.29, 0.717) is 0 Å². The second kappa shape index (κ2) is 5.42. The molecule has 6 heteroatoms. The molecular formula is C13H20N2O4. The predicted octanol–water partition coefficient (Wildman–Crippen LogP) is 1.42. The minimum absolute atomic E-state index is 0.0813. The second-order valence-electron chi connectivity index (χ2n) is 5.74. The first-order valence-corrected chi connectivity index (χ1v) is 6.16. The van der Waals surface area contributed by atoms with Crippen LogP contribution in [-0.4, -0.2) is 35.0 Å². The molecule has 1 heterocycles. The van der Waals surface area contributed by atoms with Crippen LogP contribution in [0.2, 0.25) is 0 Å². The number of ether oxygens (including phenoxy) is 1. The molecule has 0 atom stereocenters. The van der Waals surface area contributed by atoms with E-state index < -0.39 is 23.5 Å². The Kier molecular flexibility index (Phi) is 4.34. The van der Waals surface area contributed by atoms with Crippen molar-refractivity contribution < 1.29 is 19.1 Å². The minimum atomic E-state index is -0.804. The van der Waals surface area contributed by atoms with E-state index in [9.17, 15) is 14.4 Å². The molecule has 6 nitrogen and oxygen atoms in total. The lowest BCUT2D eigenvalue weighted by molar-refractivity contribution is -0.136. The molecule has 1 aliphatic rings. The van der Waals surface area contributed by atoms with Crippen molar-refractivity contribution in [3.05, 3.63) is 11.8 Å². The predicted molar refractivity (Wildman–Crippen MR) is 69.0 cm³/mol. The number of rotatable bonds is 1. The smallest absolute Gasteiger partial charge is 0.417 e. The number of carbonyl (C=O) groups excluding carboxylic acids is 3. The molecular weight excluding hydrogens is 248 g/mol. The summed E-state index contributed by atoms with van der Waals surface area (Å²) in [5.41, 5.74) is -0.593. The molecule has 0 saturated carbocycles. The van der Waals surface area contributed by atoms with Crippen molar-refractivity contribution in [3.8, 4) is 0 Å². The molecule has 0 aliphatic carbocycles. The lowest BCUT2D eigenvalue weighted by atomic mass is 10.1. The Morgan fingerprint density at radius 3 is 2.42 bits per heavy atom. The largest absolute Gasteiger partial charge is 0.443 e. The first-order chi connectivity index (χ1) is 8.60. The van der Waals surface area contributed by atoms with Crippen LogP contribution >= 0.6 is 0 Å². The number of nitrogens with zero attached hydrogens (tertiary/aromatic N) is 1. The van der Waals surface area contributed by atoms with Gasteiger partial charge in [0, 0.05) is 0 Å². The average molecular weight is 268 g/mol. The van der Waals surface area contributed by atoms with Crippen LogP contribution in [0.3, 0.4) is 0 Å². The normalized spacial score (nSPS) is 18.8. The first kappa shape index (κ1) is 15.2. The standard InChI is InChI=1S/C13H20N2O4/c1-8(2)6-9-11(17)15(7-10(16)14-9)12(18)19-13(3,4)5/h6,8H,7H2,1-5H3,(H,14,16)/b9-6+. The van der Waals surface area contributed by atoms with Gasteiger partial charge in [0.15, 0.2) is 0 Å². The summed E-state index contributed by atoms with van der Waals surface area (Å²) in [4.78, 5) is 36.3. The Balaban J connectivity index is 2.92. The van der Waals surface area contributed by atoms with Gasteiger partial charge in [-0.3, -0.25) is 9.59 Å². The van der Waals surface area contributed by atoms with Crippen LogP contribution < -0.4 is 5.32 Å². The molecule has 0 spiro atoms. The third-order valence-electron chi connectivity index (χ3n) is 2.17. The van der Waals surface area contributed by atoms with Crippen molar-refractivity contribution in [2.24, 2.45) is 5.92 Å². The molecule has 0 aromatic rings. The van der Waals surface area contributed by atoms with E-state index in [0.717, 1.165) is 4.90 Å². The van der Waals surface area contributed by atoms with Gasteiger partial charge in [0.2, 0.25) is 5.91 Å². The molecule has 19 heavy (non-hydrogen) atoms. The Bertz CT molecular complexity index is 432. The van der Waals surface area contributed by atoms with Crippen LogP contribution in [0.4, 0.5) is 4.79 Å². The lowest BCUT2D eigenvalue weighted by Gasteiger charge is -2.29. The quantitative estimate of drug-likeness (QED) is 0.730. The maximum atomic E-state index is 12.1. The first-order valence-electron chi connectivity index (χ1n) is 6.16. The number of hydrogen-bond donors (Lipinski definition) is 1. The molecule has 1 rings (SSSR count). The molecule has 0 radical (unpaired) electrons. The number of nitrogens with one attached hydrogen (secondary N) is 1. The Morgan fingerprint density at radius 1 is 1.37 bits per heavy atom. The molecule has 3 amide bonds. The van der Waals surface area contributed by atoms with Gasteiger partial charge in [0.1, 0.15) is 17.8 Å². The van der Waals surface area contributed by atoms with E-state index in [1.807, 2.05) is 13.8 Å². The third kappa shape index (κ3) is 4.39. The Labute approximate surface area is 112 Å². The van der Waals surface area contributed by atoms with Crippen molar-refractivity contribution in [1.29, 1.82) is 0 Å². The average Bonchev–Trinajstić information content (AvgIpc) is 2.19. The van der Waals surface area contributed by atoms with Gasteiger partial charge in [-0.05, 0) is 26.7 Å². The zero-order valence-electron chi connectivity index (χ0n) is 11.9. The number of hydrogen-bond acceptors (Lipinski definition) is 4. The van der Waals surface area contributed by atoms with Crippen LogP contribution in [-0.2, 0) is 14.3 Å². The summed E-state index contributed by atoms with van der Waals surface area (Å²) in [6.45, 7) is 8.53. The lowest BCUT2D eigenvalue weighted by Crippen LogP contribution is -2.53. The van der Waals surface area contributed by atoms with Crippen LogP contribution in [0.15, 0.2) is 11.8 Å². The van der Waals surface area contributed by atoms with E-state index >= 15 is 0 Å². The minimum Gasteiger partial charge on any atom is -0.443 e. The van der Waals surface area contributed by atoms with Gasteiger partial charge in [-0.2, -0.15) is 0 Å². The molecule has 0 bridgehead atoms. The van der Waals surface area contributed by atoms with Crippen LogP contribution in [0, 0.1) is 5.92 Å². The number of piperazine rings is 1. The fourth-order valence-corrected chi connectivity index (χ4v) is 1.51. The number of carbonyl (C=O) groups is 3. The summed E-state index contributed by atoms with van der Waals surface area (Å²) in [5, 5.41) is 2.47. The molecule has 1 saturated heterocycles. The summed E-state index contributed by atoms with van der Waals surface area (Å²) >= 11 is 0. The van der Waals surface area contributed by atoms with Crippen molar-refractivity contribution in [2.45, 2.75) is 40.2 Å². The molecule has 0 aromatic heterocycles. The fourth-order valence-electron chi connectivity index (χ4n) is 1.51. The topological polar surface area (TPSA) is 75.7 Å². The van der Waals surface area contributed by atoms with E-state index in [1.54, 1.807) is 26.8 Å². The van der Waals surface area contributed by atoms with E-state index in [-0.39, 0.29) is 18.2 Å². The number of amides is 3. The van der Waals surface area contributed by atoms with Gasteiger partial charge < -0.3 is 10.1 Å². The molecule has 0 unspecified atom stereocenters. The number of allylic oxidation sites excluding steroid dienone is 1.